The van der Waals surface area contributed by atoms with Crippen molar-refractivity contribution in [3.8, 4) is 5.75 Å². The van der Waals surface area contributed by atoms with Crippen molar-refractivity contribution < 1.29 is 12.4 Å². The molecule has 0 spiro atoms. The van der Waals surface area contributed by atoms with E-state index in [4.69, 9.17) is 10.5 Å². The van der Waals surface area contributed by atoms with E-state index in [9.17, 15) is 4.79 Å². The van der Waals surface area contributed by atoms with Gasteiger partial charge in [0.25, 0.3) is 0 Å². The number of anilines is 1. The van der Waals surface area contributed by atoms with Crippen LogP contribution in [0.15, 0.2) is 24.3 Å². The zero-order valence-electron chi connectivity index (χ0n) is 8.91. The summed E-state index contributed by atoms with van der Waals surface area (Å²) in [5.41, 5.74) is 6.07. The van der Waals surface area contributed by atoms with E-state index in [0.717, 1.165) is 0 Å². The molecule has 0 aliphatic rings. The molecule has 0 amide bonds. The molecule has 62 valence electrons. The van der Waals surface area contributed by atoms with Gasteiger partial charge >= 0.3 is 43.7 Å². The first-order valence-electron chi connectivity index (χ1n) is 3.22. The van der Waals surface area contributed by atoms with Crippen molar-refractivity contribution in [2.45, 2.75) is 6.92 Å². The molecular formula is C8H11CaNO2. The van der Waals surface area contributed by atoms with E-state index in [1.165, 1.54) is 6.92 Å². The van der Waals surface area contributed by atoms with Gasteiger partial charge in [-0.05, 0) is 24.3 Å². The normalized spacial score (nSPS) is 8.42. The van der Waals surface area contributed by atoms with E-state index in [1.807, 2.05) is 0 Å². The smallest absolute Gasteiger partial charge is 1.00 e. The maximum absolute atomic E-state index is 10.4. The number of nitrogens with two attached hydrogens (primary N) is 1. The van der Waals surface area contributed by atoms with Gasteiger partial charge in [0, 0.05) is 12.6 Å². The molecular weight excluding hydrogens is 182 g/mol. The van der Waals surface area contributed by atoms with E-state index in [1.54, 1.807) is 24.3 Å². The van der Waals surface area contributed by atoms with E-state index < -0.39 is 0 Å². The maximum Gasteiger partial charge on any atom is 2.00 e. The zero-order valence-corrected chi connectivity index (χ0v) is 9.12. The summed E-state index contributed by atoms with van der Waals surface area (Å²) in [6.07, 6.45) is 0. The number of carbonyl (C=O) groups excluding carboxylic acids is 1. The molecule has 3 nitrogen and oxygen atoms in total. The van der Waals surface area contributed by atoms with Gasteiger partial charge in [-0.2, -0.15) is 0 Å². The van der Waals surface area contributed by atoms with Gasteiger partial charge in [-0.25, -0.2) is 0 Å². The SMILES string of the molecule is CC(=O)Oc1ccc(N)cc1.[Ca+2].[H-].[H-]. The third-order valence-electron chi connectivity index (χ3n) is 1.14. The van der Waals surface area contributed by atoms with Gasteiger partial charge in [0.05, 0.1) is 0 Å². The third kappa shape index (κ3) is 3.95. The van der Waals surface area contributed by atoms with Crippen LogP contribution in [0.3, 0.4) is 0 Å². The van der Waals surface area contributed by atoms with Gasteiger partial charge in [-0.15, -0.1) is 0 Å². The molecule has 0 aliphatic heterocycles. The van der Waals surface area contributed by atoms with Crippen LogP contribution in [0.25, 0.3) is 0 Å². The monoisotopic (exact) mass is 193 g/mol. The van der Waals surface area contributed by atoms with E-state index in [0.29, 0.717) is 11.4 Å². The van der Waals surface area contributed by atoms with Crippen LogP contribution in [0, 0.1) is 0 Å². The molecule has 1 rings (SSSR count). The van der Waals surface area contributed by atoms with Crippen molar-refractivity contribution in [1.82, 2.24) is 0 Å². The van der Waals surface area contributed by atoms with E-state index in [2.05, 4.69) is 0 Å². The van der Waals surface area contributed by atoms with Gasteiger partial charge in [0.2, 0.25) is 0 Å². The Bertz CT molecular complexity index is 267. The van der Waals surface area contributed by atoms with Crippen LogP contribution in [-0.2, 0) is 4.79 Å². The fourth-order valence-electron chi connectivity index (χ4n) is 0.702. The zero-order chi connectivity index (χ0) is 8.27. The second-order valence-electron chi connectivity index (χ2n) is 2.16. The summed E-state index contributed by atoms with van der Waals surface area (Å²) in [6, 6.07) is 6.66. The molecule has 0 atom stereocenters. The first kappa shape index (κ1) is 11.7. The molecule has 0 aromatic heterocycles. The minimum atomic E-state index is -0.324. The van der Waals surface area contributed by atoms with E-state index in [-0.39, 0.29) is 46.6 Å². The molecule has 0 aliphatic carbocycles. The predicted molar refractivity (Wildman–Crippen MR) is 50.1 cm³/mol. The van der Waals surface area contributed by atoms with Gasteiger partial charge in [-0.1, -0.05) is 0 Å². The first-order valence-corrected chi connectivity index (χ1v) is 3.22. The van der Waals surface area contributed by atoms with Crippen LogP contribution < -0.4 is 10.5 Å². The Balaban J connectivity index is -0.000000403. The number of nitrogen functional groups attached to an aromatic ring is 1. The number of ether oxygens (including phenoxy) is 1. The Kier molecular flexibility index (Phi) is 5.29. The second-order valence-corrected chi connectivity index (χ2v) is 2.16. The van der Waals surface area contributed by atoms with Crippen molar-refractivity contribution >= 4 is 49.4 Å². The summed E-state index contributed by atoms with van der Waals surface area (Å²) in [6.45, 7) is 1.36. The van der Waals surface area contributed by atoms with Gasteiger partial charge in [0.1, 0.15) is 5.75 Å². The minimum absolute atomic E-state index is 0. The number of hydrogen-bond acceptors (Lipinski definition) is 3. The largest absolute Gasteiger partial charge is 2.00 e. The van der Waals surface area contributed by atoms with E-state index >= 15 is 0 Å². The molecule has 0 bridgehead atoms. The van der Waals surface area contributed by atoms with Crippen LogP contribution in [0.2, 0.25) is 0 Å². The molecule has 2 N–H and O–H groups in total. The molecule has 0 fully saturated rings. The molecule has 0 radical (unpaired) electrons. The molecule has 12 heavy (non-hydrogen) atoms. The average Bonchev–Trinajstić information content (AvgIpc) is 1.93. The van der Waals surface area contributed by atoms with Crippen LogP contribution in [-0.4, -0.2) is 43.7 Å². The minimum Gasteiger partial charge on any atom is -1.00 e. The standard InChI is InChI=1S/C8H9NO2.Ca.2H/c1-6(10)11-8-4-2-7(9)3-5-8;;;/h2-5H,9H2,1H3;;;/q;+2;2*-1. The number of carbonyl (C=O) groups is 1. The third-order valence-corrected chi connectivity index (χ3v) is 1.14. The molecule has 1 aromatic rings. The maximum atomic E-state index is 10.4. The average molecular weight is 193 g/mol. The molecule has 1 aromatic carbocycles. The predicted octanol–water partition coefficient (Wildman–Crippen LogP) is 1.04. The Hall–Kier alpha value is -0.250. The van der Waals surface area contributed by atoms with Crippen molar-refractivity contribution in [3.05, 3.63) is 24.3 Å². The van der Waals surface area contributed by atoms with Crippen LogP contribution >= 0.6 is 0 Å². The van der Waals surface area contributed by atoms with Crippen LogP contribution in [0.5, 0.6) is 5.75 Å². The molecule has 0 saturated carbocycles. The summed E-state index contributed by atoms with van der Waals surface area (Å²) in [4.78, 5) is 10.4. The van der Waals surface area contributed by atoms with Crippen molar-refractivity contribution in [2.75, 3.05) is 5.73 Å². The van der Waals surface area contributed by atoms with Crippen LogP contribution in [0.4, 0.5) is 5.69 Å². The van der Waals surface area contributed by atoms with Crippen molar-refractivity contribution in [3.63, 3.8) is 0 Å². The Morgan fingerprint density at radius 3 is 2.33 bits per heavy atom. The van der Waals surface area contributed by atoms with Crippen molar-refractivity contribution in [2.24, 2.45) is 0 Å². The number of hydrogen-bond donors (Lipinski definition) is 1. The van der Waals surface area contributed by atoms with Crippen molar-refractivity contribution in [1.29, 1.82) is 0 Å². The van der Waals surface area contributed by atoms with Gasteiger partial charge < -0.3 is 13.3 Å². The summed E-state index contributed by atoms with van der Waals surface area (Å²) in [7, 11) is 0. The Morgan fingerprint density at radius 1 is 1.42 bits per heavy atom. The van der Waals surface area contributed by atoms with Crippen LogP contribution in [0.1, 0.15) is 9.78 Å². The first-order chi connectivity index (χ1) is 5.18. The Morgan fingerprint density at radius 2 is 1.92 bits per heavy atom. The fraction of sp³-hybridized carbons (Fsp3) is 0.125. The van der Waals surface area contributed by atoms with Gasteiger partial charge in [0.15, 0.2) is 0 Å². The summed E-state index contributed by atoms with van der Waals surface area (Å²) < 4.78 is 4.77. The quantitative estimate of drug-likeness (QED) is 0.314. The summed E-state index contributed by atoms with van der Waals surface area (Å²) in [5.74, 6) is 0.196. The summed E-state index contributed by atoms with van der Waals surface area (Å²) in [5, 5.41) is 0. The van der Waals surface area contributed by atoms with Gasteiger partial charge in [-0.3, -0.25) is 4.79 Å². The number of rotatable bonds is 1. The molecule has 4 heteroatoms. The number of esters is 1. The molecule has 0 unspecified atom stereocenters. The topological polar surface area (TPSA) is 52.3 Å². The summed E-state index contributed by atoms with van der Waals surface area (Å²) >= 11 is 0. The molecule has 0 saturated heterocycles. The fourth-order valence-corrected chi connectivity index (χ4v) is 0.702. The Labute approximate surface area is 104 Å². The number of benzene rings is 1. The molecule has 0 heterocycles. The second kappa shape index (κ2) is 5.40.